The van der Waals surface area contributed by atoms with Crippen molar-refractivity contribution >= 4 is 33.0 Å². The summed E-state index contributed by atoms with van der Waals surface area (Å²) < 4.78 is 29.2. The van der Waals surface area contributed by atoms with E-state index in [1.165, 1.54) is 12.8 Å². The van der Waals surface area contributed by atoms with Gasteiger partial charge in [0.25, 0.3) is 5.91 Å². The van der Waals surface area contributed by atoms with Crippen LogP contribution in [0.1, 0.15) is 46.1 Å². The predicted octanol–water partition coefficient (Wildman–Crippen LogP) is 4.66. The highest BCUT2D eigenvalue weighted by atomic mass is 35.5. The van der Waals surface area contributed by atoms with Crippen LogP contribution < -0.4 is 5.32 Å². The second-order valence-electron chi connectivity index (χ2n) is 9.00. The molecule has 2 aromatic carbocycles. The molecular weight excluding hydrogens is 474 g/mol. The SMILES string of the molecule is Cc1oc(-c2ccc(NC(=O)c3ccc(Cl)c(CN4CCS(=O)(=O)CC4)c3)cc2)nc1C1CC1. The number of oxazole rings is 1. The van der Waals surface area contributed by atoms with Crippen LogP contribution in [0.4, 0.5) is 5.69 Å². The first-order valence-electron chi connectivity index (χ1n) is 11.4. The molecule has 3 aromatic rings. The first-order chi connectivity index (χ1) is 16.3. The Morgan fingerprint density at radius 1 is 1.15 bits per heavy atom. The maximum absolute atomic E-state index is 12.9. The van der Waals surface area contributed by atoms with Crippen LogP contribution in [0, 0.1) is 6.92 Å². The van der Waals surface area contributed by atoms with E-state index in [4.69, 9.17) is 16.0 Å². The zero-order chi connectivity index (χ0) is 23.9. The van der Waals surface area contributed by atoms with Gasteiger partial charge in [-0.15, -0.1) is 0 Å². The standard InChI is InChI=1S/C25H26ClN3O4S/c1-16-23(17-2-3-17)28-25(33-16)18-4-7-21(8-5-18)27-24(30)19-6-9-22(26)20(14-19)15-29-10-12-34(31,32)13-11-29/h4-9,14,17H,2-3,10-13,15H2,1H3,(H,27,30). The van der Waals surface area contributed by atoms with Gasteiger partial charge in [-0.1, -0.05) is 11.6 Å². The van der Waals surface area contributed by atoms with Crippen LogP contribution in [0.25, 0.3) is 11.5 Å². The average molecular weight is 500 g/mol. The number of rotatable bonds is 6. The Hall–Kier alpha value is -2.68. The van der Waals surface area contributed by atoms with Crippen molar-refractivity contribution in [2.24, 2.45) is 0 Å². The van der Waals surface area contributed by atoms with Crippen LogP contribution in [0.5, 0.6) is 0 Å². The number of amides is 1. The number of carbonyl (C=O) groups excluding carboxylic acids is 1. The molecule has 1 saturated carbocycles. The number of halogens is 1. The van der Waals surface area contributed by atoms with E-state index in [1.807, 2.05) is 36.1 Å². The van der Waals surface area contributed by atoms with Gasteiger partial charge >= 0.3 is 0 Å². The fourth-order valence-electron chi connectivity index (χ4n) is 4.15. The van der Waals surface area contributed by atoms with Crippen molar-refractivity contribution in [3.8, 4) is 11.5 Å². The third-order valence-electron chi connectivity index (χ3n) is 6.33. The van der Waals surface area contributed by atoms with Gasteiger partial charge < -0.3 is 9.73 Å². The summed E-state index contributed by atoms with van der Waals surface area (Å²) in [6, 6.07) is 12.6. The lowest BCUT2D eigenvalue weighted by atomic mass is 10.1. The highest BCUT2D eigenvalue weighted by molar-refractivity contribution is 7.91. The Bertz CT molecular complexity index is 1320. The molecule has 1 amide bonds. The van der Waals surface area contributed by atoms with Crippen molar-refractivity contribution < 1.29 is 17.6 Å². The molecule has 34 heavy (non-hydrogen) atoms. The van der Waals surface area contributed by atoms with Crippen LogP contribution in [-0.4, -0.2) is 48.8 Å². The summed E-state index contributed by atoms with van der Waals surface area (Å²) in [6.45, 7) is 3.39. The van der Waals surface area contributed by atoms with E-state index in [1.54, 1.807) is 18.2 Å². The zero-order valence-corrected chi connectivity index (χ0v) is 20.5. The number of aryl methyl sites for hydroxylation is 1. The summed E-state index contributed by atoms with van der Waals surface area (Å²) >= 11 is 6.36. The van der Waals surface area contributed by atoms with E-state index in [9.17, 15) is 13.2 Å². The summed E-state index contributed by atoms with van der Waals surface area (Å²) in [5, 5.41) is 3.47. The van der Waals surface area contributed by atoms with E-state index in [-0.39, 0.29) is 17.4 Å². The van der Waals surface area contributed by atoms with Crippen molar-refractivity contribution in [2.75, 3.05) is 29.9 Å². The van der Waals surface area contributed by atoms with Crippen molar-refractivity contribution in [1.82, 2.24) is 9.88 Å². The highest BCUT2D eigenvalue weighted by Gasteiger charge is 2.29. The molecule has 1 aliphatic heterocycles. The van der Waals surface area contributed by atoms with E-state index >= 15 is 0 Å². The Morgan fingerprint density at radius 3 is 2.53 bits per heavy atom. The Balaban J connectivity index is 1.25. The first kappa shape index (κ1) is 23.1. The molecular formula is C25H26ClN3O4S. The maximum atomic E-state index is 12.9. The van der Waals surface area contributed by atoms with Crippen LogP contribution in [0.2, 0.25) is 5.02 Å². The molecule has 1 aliphatic carbocycles. The molecule has 0 spiro atoms. The number of carbonyl (C=O) groups is 1. The molecule has 7 nitrogen and oxygen atoms in total. The Labute approximate surface area is 204 Å². The molecule has 9 heteroatoms. The van der Waals surface area contributed by atoms with Gasteiger partial charge in [0.05, 0.1) is 17.2 Å². The van der Waals surface area contributed by atoms with E-state index in [0.29, 0.717) is 47.7 Å². The number of sulfone groups is 1. The molecule has 1 aromatic heterocycles. The molecule has 2 heterocycles. The van der Waals surface area contributed by atoms with Crippen LogP contribution in [0.3, 0.4) is 0 Å². The summed E-state index contributed by atoms with van der Waals surface area (Å²) in [6.07, 6.45) is 2.34. The molecule has 0 atom stereocenters. The summed E-state index contributed by atoms with van der Waals surface area (Å²) in [5.41, 5.74) is 3.87. The third kappa shape index (κ3) is 5.19. The van der Waals surface area contributed by atoms with E-state index < -0.39 is 9.84 Å². The molecule has 0 radical (unpaired) electrons. The van der Waals surface area contributed by atoms with Gasteiger partial charge in [-0.25, -0.2) is 13.4 Å². The molecule has 2 fully saturated rings. The van der Waals surface area contributed by atoms with Crippen LogP contribution in [0.15, 0.2) is 46.9 Å². The predicted molar refractivity (Wildman–Crippen MR) is 132 cm³/mol. The Kier molecular flexibility index (Phi) is 6.22. The number of hydrogen-bond acceptors (Lipinski definition) is 6. The fraction of sp³-hybridized carbons (Fsp3) is 0.360. The number of benzene rings is 2. The highest BCUT2D eigenvalue weighted by Crippen LogP contribution is 2.42. The maximum Gasteiger partial charge on any atom is 0.255 e. The van der Waals surface area contributed by atoms with Gasteiger partial charge in [0, 0.05) is 47.4 Å². The molecule has 1 saturated heterocycles. The quantitative estimate of drug-likeness (QED) is 0.530. The van der Waals surface area contributed by atoms with Gasteiger partial charge in [0.2, 0.25) is 5.89 Å². The van der Waals surface area contributed by atoms with Gasteiger partial charge in [-0.2, -0.15) is 0 Å². The number of anilines is 1. The Morgan fingerprint density at radius 2 is 1.85 bits per heavy atom. The second-order valence-corrected chi connectivity index (χ2v) is 11.7. The molecule has 2 aliphatic rings. The molecule has 0 unspecified atom stereocenters. The van der Waals surface area contributed by atoms with Crippen molar-refractivity contribution in [3.05, 3.63) is 70.1 Å². The van der Waals surface area contributed by atoms with Crippen molar-refractivity contribution in [3.63, 3.8) is 0 Å². The van der Waals surface area contributed by atoms with Gasteiger partial charge in [-0.3, -0.25) is 9.69 Å². The van der Waals surface area contributed by atoms with Gasteiger partial charge in [-0.05, 0) is 67.8 Å². The van der Waals surface area contributed by atoms with Gasteiger partial charge in [0.15, 0.2) is 9.84 Å². The fourth-order valence-corrected chi connectivity index (χ4v) is 5.61. The van der Waals surface area contributed by atoms with Crippen molar-refractivity contribution in [2.45, 2.75) is 32.2 Å². The second kappa shape index (κ2) is 9.17. The largest absolute Gasteiger partial charge is 0.441 e. The van der Waals surface area contributed by atoms with E-state index in [0.717, 1.165) is 22.6 Å². The normalized spacial score (nSPS) is 18.1. The molecule has 178 valence electrons. The lowest BCUT2D eigenvalue weighted by Gasteiger charge is -2.27. The third-order valence-corrected chi connectivity index (χ3v) is 8.30. The first-order valence-corrected chi connectivity index (χ1v) is 13.6. The molecule has 5 rings (SSSR count). The monoisotopic (exact) mass is 499 g/mol. The van der Waals surface area contributed by atoms with Crippen molar-refractivity contribution in [1.29, 1.82) is 0 Å². The lowest BCUT2D eigenvalue weighted by Crippen LogP contribution is -2.39. The summed E-state index contributed by atoms with van der Waals surface area (Å²) in [4.78, 5) is 19.6. The average Bonchev–Trinajstić information content (AvgIpc) is 3.58. The number of nitrogens with one attached hydrogen (secondary N) is 1. The summed E-state index contributed by atoms with van der Waals surface area (Å²) in [7, 11) is -2.95. The summed E-state index contributed by atoms with van der Waals surface area (Å²) in [5.74, 6) is 2.06. The topological polar surface area (TPSA) is 92.5 Å². The zero-order valence-electron chi connectivity index (χ0n) is 18.9. The minimum absolute atomic E-state index is 0.149. The number of nitrogens with zero attached hydrogens (tertiary/aromatic N) is 2. The van der Waals surface area contributed by atoms with Crippen LogP contribution in [-0.2, 0) is 16.4 Å². The molecule has 0 bridgehead atoms. The van der Waals surface area contributed by atoms with E-state index in [2.05, 4.69) is 10.3 Å². The number of aromatic nitrogens is 1. The lowest BCUT2D eigenvalue weighted by molar-refractivity contribution is 0.102. The van der Waals surface area contributed by atoms with Gasteiger partial charge in [0.1, 0.15) is 5.76 Å². The minimum Gasteiger partial charge on any atom is -0.441 e. The molecule has 1 N–H and O–H groups in total. The minimum atomic E-state index is -2.95. The number of hydrogen-bond donors (Lipinski definition) is 1. The smallest absolute Gasteiger partial charge is 0.255 e. The van der Waals surface area contributed by atoms with Crippen LogP contribution >= 0.6 is 11.6 Å².